The third-order valence-electron chi connectivity index (χ3n) is 7.21. The zero-order valence-corrected chi connectivity index (χ0v) is 22.7. The second-order valence-corrected chi connectivity index (χ2v) is 10.6. The average molecular weight is 530 g/mol. The Morgan fingerprint density at radius 2 is 1.95 bits per heavy atom. The van der Waals surface area contributed by atoms with Crippen LogP contribution in [-0.4, -0.2) is 58.3 Å². The molecule has 0 unspecified atom stereocenters. The number of fused-ring (bicyclic) bond motifs is 2. The van der Waals surface area contributed by atoms with Gasteiger partial charge in [-0.15, -0.1) is 0 Å². The number of hydrogen-bond acceptors (Lipinski definition) is 6. The van der Waals surface area contributed by atoms with Crippen molar-refractivity contribution in [1.82, 2.24) is 29.9 Å². The number of hydrogen-bond donors (Lipinski definition) is 3. The number of likely N-dealkylation sites (N-methyl/N-ethyl adjacent to an activating group) is 1. The summed E-state index contributed by atoms with van der Waals surface area (Å²) in [5.74, 6) is -0.0853. The molecule has 0 radical (unpaired) electrons. The molecule has 1 aliphatic heterocycles. The molecular weight excluding hydrogens is 497 g/mol. The van der Waals surface area contributed by atoms with Crippen LogP contribution in [0.3, 0.4) is 0 Å². The van der Waals surface area contributed by atoms with Gasteiger partial charge in [0.2, 0.25) is 5.91 Å². The molecule has 9 nitrogen and oxygen atoms in total. The van der Waals surface area contributed by atoms with Gasteiger partial charge in [0.05, 0.1) is 28.6 Å². The van der Waals surface area contributed by atoms with Crippen molar-refractivity contribution in [2.24, 2.45) is 0 Å². The van der Waals surface area contributed by atoms with E-state index in [1.807, 2.05) is 51.0 Å². The highest BCUT2D eigenvalue weighted by atomic mass is 19.1. The molecule has 0 bridgehead atoms. The van der Waals surface area contributed by atoms with Crippen molar-refractivity contribution in [3.63, 3.8) is 0 Å². The zero-order chi connectivity index (χ0) is 27.9. The molecule has 2 amide bonds. The van der Waals surface area contributed by atoms with Gasteiger partial charge in [-0.1, -0.05) is 12.1 Å². The number of aromatic nitrogens is 3. The van der Waals surface area contributed by atoms with E-state index in [2.05, 4.69) is 25.9 Å². The minimum atomic E-state index is -0.757. The van der Waals surface area contributed by atoms with Gasteiger partial charge in [0.1, 0.15) is 5.82 Å². The number of anilines is 2. The van der Waals surface area contributed by atoms with Crippen molar-refractivity contribution in [2.75, 3.05) is 32.5 Å². The second-order valence-electron chi connectivity index (χ2n) is 10.6. The SMILES string of the molecule is Cc1ccn2c(-c3ccc(Nc4ccc(C(C)(C)C(=O)NCCN(C)C)cn4)c4c3CNC4=O)cnc2c1F. The first-order chi connectivity index (χ1) is 18.6. The maximum absolute atomic E-state index is 14.6. The van der Waals surface area contributed by atoms with Crippen molar-refractivity contribution in [3.8, 4) is 11.3 Å². The van der Waals surface area contributed by atoms with Crippen molar-refractivity contribution in [1.29, 1.82) is 0 Å². The first-order valence-electron chi connectivity index (χ1n) is 12.8. The highest BCUT2D eigenvalue weighted by molar-refractivity contribution is 6.06. The predicted octanol–water partition coefficient (Wildman–Crippen LogP) is 3.79. The normalized spacial score (nSPS) is 13.1. The Labute approximate surface area is 226 Å². The molecule has 3 aromatic heterocycles. The standard InChI is InChI=1S/C29H32FN7O2/c1-17-10-12-37-22(16-33-26(37)25(17)30)19-7-8-21(24-20(19)15-34-27(24)38)35-23-9-6-18(14-32-23)29(2,3)28(39)31-11-13-36(4)5/h6-10,12,14,16H,11,13,15H2,1-5H3,(H,31,39)(H,32,35)(H,34,38). The topological polar surface area (TPSA) is 104 Å². The van der Waals surface area contributed by atoms with Gasteiger partial charge in [-0.25, -0.2) is 14.4 Å². The summed E-state index contributed by atoms with van der Waals surface area (Å²) in [5, 5.41) is 9.13. The summed E-state index contributed by atoms with van der Waals surface area (Å²) >= 11 is 0. The third-order valence-corrected chi connectivity index (χ3v) is 7.21. The molecule has 5 rings (SSSR count). The lowest BCUT2D eigenvalue weighted by atomic mass is 9.84. The van der Waals surface area contributed by atoms with Gasteiger partial charge in [-0.05, 0) is 69.8 Å². The number of nitrogens with one attached hydrogen (secondary N) is 3. The highest BCUT2D eigenvalue weighted by Crippen LogP contribution is 2.36. The van der Waals surface area contributed by atoms with Crippen LogP contribution in [0.1, 0.15) is 40.9 Å². The van der Waals surface area contributed by atoms with Crippen LogP contribution < -0.4 is 16.0 Å². The fourth-order valence-corrected chi connectivity index (χ4v) is 4.72. The van der Waals surface area contributed by atoms with Crippen molar-refractivity contribution in [3.05, 3.63) is 77.0 Å². The Balaban J connectivity index is 1.41. The summed E-state index contributed by atoms with van der Waals surface area (Å²) in [4.78, 5) is 36.5. The second kappa shape index (κ2) is 10.1. The van der Waals surface area contributed by atoms with Crippen LogP contribution in [-0.2, 0) is 16.8 Å². The van der Waals surface area contributed by atoms with Gasteiger partial charge in [0, 0.05) is 37.6 Å². The number of carbonyl (C=O) groups excluding carboxylic acids is 2. The van der Waals surface area contributed by atoms with Crippen LogP contribution in [0.25, 0.3) is 16.9 Å². The lowest BCUT2D eigenvalue weighted by Gasteiger charge is -2.24. The lowest BCUT2D eigenvalue weighted by molar-refractivity contribution is -0.125. The number of benzene rings is 1. The van der Waals surface area contributed by atoms with Gasteiger partial charge in [0.15, 0.2) is 11.5 Å². The van der Waals surface area contributed by atoms with Gasteiger partial charge in [-0.3, -0.25) is 14.0 Å². The van der Waals surface area contributed by atoms with Crippen LogP contribution in [0.15, 0.2) is 48.9 Å². The van der Waals surface area contributed by atoms with Crippen molar-refractivity contribution in [2.45, 2.75) is 32.7 Å². The minimum absolute atomic E-state index is 0.0700. The van der Waals surface area contributed by atoms with E-state index in [1.165, 1.54) is 0 Å². The maximum atomic E-state index is 14.6. The number of nitrogens with zero attached hydrogens (tertiary/aromatic N) is 4. The van der Waals surface area contributed by atoms with Gasteiger partial charge >= 0.3 is 0 Å². The molecule has 0 saturated heterocycles. The molecule has 202 valence electrons. The minimum Gasteiger partial charge on any atom is -0.354 e. The Morgan fingerprint density at radius 1 is 1.15 bits per heavy atom. The van der Waals surface area contributed by atoms with Crippen molar-refractivity contribution >= 4 is 29.0 Å². The summed E-state index contributed by atoms with van der Waals surface area (Å²) in [6, 6.07) is 9.09. The molecule has 3 N–H and O–H groups in total. The molecule has 1 aliphatic rings. The summed E-state index contributed by atoms with van der Waals surface area (Å²) in [5.41, 5.74) is 4.23. The Hall–Kier alpha value is -4.31. The Morgan fingerprint density at radius 3 is 2.67 bits per heavy atom. The van der Waals surface area contributed by atoms with Crippen LogP contribution in [0.4, 0.5) is 15.9 Å². The zero-order valence-electron chi connectivity index (χ0n) is 22.7. The molecule has 4 heterocycles. The van der Waals surface area contributed by atoms with Gasteiger partial charge < -0.3 is 20.9 Å². The number of imidazole rings is 1. The summed E-state index contributed by atoms with van der Waals surface area (Å²) in [6.45, 7) is 7.11. The molecule has 39 heavy (non-hydrogen) atoms. The number of halogens is 1. The van der Waals surface area contributed by atoms with Crippen LogP contribution in [0, 0.1) is 12.7 Å². The van der Waals surface area contributed by atoms with E-state index < -0.39 is 5.41 Å². The van der Waals surface area contributed by atoms with E-state index in [1.54, 1.807) is 42.0 Å². The Kier molecular flexibility index (Phi) is 6.82. The molecule has 0 fully saturated rings. The van der Waals surface area contributed by atoms with Gasteiger partial charge in [-0.2, -0.15) is 0 Å². The van der Waals surface area contributed by atoms with E-state index in [0.717, 1.165) is 23.2 Å². The quantitative estimate of drug-likeness (QED) is 0.321. The summed E-state index contributed by atoms with van der Waals surface area (Å²) in [7, 11) is 3.92. The first-order valence-corrected chi connectivity index (χ1v) is 12.8. The molecule has 10 heteroatoms. The molecular formula is C29H32FN7O2. The number of aryl methyl sites for hydroxylation is 1. The third kappa shape index (κ3) is 4.83. The van der Waals surface area contributed by atoms with E-state index in [-0.39, 0.29) is 23.3 Å². The van der Waals surface area contributed by atoms with Gasteiger partial charge in [0.25, 0.3) is 5.91 Å². The van der Waals surface area contributed by atoms with E-state index in [4.69, 9.17) is 0 Å². The molecule has 1 aromatic carbocycles. The average Bonchev–Trinajstić information content (AvgIpc) is 3.51. The largest absolute Gasteiger partial charge is 0.354 e. The monoisotopic (exact) mass is 529 g/mol. The molecule has 4 aromatic rings. The molecule has 0 saturated carbocycles. The van der Waals surface area contributed by atoms with E-state index >= 15 is 0 Å². The fraction of sp³-hybridized carbons (Fsp3) is 0.310. The number of carbonyl (C=O) groups is 2. The predicted molar refractivity (Wildman–Crippen MR) is 149 cm³/mol. The number of rotatable bonds is 8. The number of amides is 2. The highest BCUT2D eigenvalue weighted by Gasteiger charge is 2.30. The lowest BCUT2D eigenvalue weighted by Crippen LogP contribution is -2.42. The van der Waals surface area contributed by atoms with Crippen LogP contribution in [0.5, 0.6) is 0 Å². The van der Waals surface area contributed by atoms with Crippen LogP contribution >= 0.6 is 0 Å². The fourth-order valence-electron chi connectivity index (χ4n) is 4.72. The summed E-state index contributed by atoms with van der Waals surface area (Å²) < 4.78 is 16.3. The maximum Gasteiger partial charge on any atom is 0.254 e. The van der Waals surface area contributed by atoms with Crippen LogP contribution in [0.2, 0.25) is 0 Å². The van der Waals surface area contributed by atoms with E-state index in [0.29, 0.717) is 41.4 Å². The Bertz CT molecular complexity index is 1580. The molecule has 0 aliphatic carbocycles. The van der Waals surface area contributed by atoms with E-state index in [9.17, 15) is 14.0 Å². The van der Waals surface area contributed by atoms with Crippen molar-refractivity contribution < 1.29 is 14.0 Å². The smallest absolute Gasteiger partial charge is 0.254 e. The number of pyridine rings is 2. The molecule has 0 spiro atoms. The first kappa shape index (κ1) is 26.3. The molecule has 0 atom stereocenters. The summed E-state index contributed by atoms with van der Waals surface area (Å²) in [6.07, 6.45) is 5.09.